The Morgan fingerprint density at radius 1 is 1.33 bits per heavy atom. The van der Waals surface area contributed by atoms with Gasteiger partial charge in [0.2, 0.25) is 0 Å². The number of carbonyl (C=O) groups excluding carboxylic acids is 1. The smallest absolute Gasteiger partial charge is 0.410 e. The lowest BCUT2D eigenvalue weighted by atomic mass is 9.81. The number of ether oxygens (including phenoxy) is 1. The van der Waals surface area contributed by atoms with Crippen molar-refractivity contribution >= 4 is 17.9 Å². The van der Waals surface area contributed by atoms with Crippen LogP contribution in [0.4, 0.5) is 4.79 Å². The van der Waals surface area contributed by atoms with Crippen molar-refractivity contribution in [1.29, 1.82) is 0 Å². The maximum Gasteiger partial charge on any atom is 0.410 e. The Hall–Kier alpha value is -1.16. The van der Waals surface area contributed by atoms with Crippen molar-refractivity contribution in [3.05, 3.63) is 29.8 Å². The summed E-state index contributed by atoms with van der Waals surface area (Å²) in [6.07, 6.45) is 0.905. The molecule has 2 aliphatic rings. The molecule has 0 radical (unpaired) electrons. The Bertz CT molecular complexity index is 538. The van der Waals surface area contributed by atoms with Gasteiger partial charge in [-0.2, -0.15) is 0 Å². The molecule has 0 N–H and O–H groups in total. The third-order valence-electron chi connectivity index (χ3n) is 4.18. The Morgan fingerprint density at radius 2 is 2.10 bits per heavy atom. The zero-order chi connectivity index (χ0) is 15.0. The molecule has 0 spiro atoms. The normalized spacial score (nSPS) is 25.0. The second-order valence-electron chi connectivity index (χ2n) is 6.93. The molecule has 4 heteroatoms. The van der Waals surface area contributed by atoms with E-state index < -0.39 is 5.60 Å². The van der Waals surface area contributed by atoms with Gasteiger partial charge in [-0.15, -0.1) is 11.8 Å². The van der Waals surface area contributed by atoms with E-state index in [-0.39, 0.29) is 6.09 Å². The lowest BCUT2D eigenvalue weighted by Gasteiger charge is -2.42. The second kappa shape index (κ2) is 5.56. The number of piperidine rings is 1. The molecule has 1 aromatic carbocycles. The van der Waals surface area contributed by atoms with Crippen LogP contribution in [0.5, 0.6) is 0 Å². The zero-order valence-corrected chi connectivity index (χ0v) is 13.8. The van der Waals surface area contributed by atoms with Gasteiger partial charge in [-0.3, -0.25) is 0 Å². The van der Waals surface area contributed by atoms with Gasteiger partial charge in [0.05, 0.1) is 0 Å². The number of carbonyl (C=O) groups is 1. The highest BCUT2D eigenvalue weighted by atomic mass is 32.2. The number of hydrogen-bond donors (Lipinski definition) is 0. The van der Waals surface area contributed by atoms with Gasteiger partial charge in [0.25, 0.3) is 0 Å². The molecule has 3 nitrogen and oxygen atoms in total. The first-order valence-corrected chi connectivity index (χ1v) is 8.62. The summed E-state index contributed by atoms with van der Waals surface area (Å²) in [6, 6.07) is 8.62. The van der Waals surface area contributed by atoms with Crippen LogP contribution in [0, 0.1) is 5.92 Å². The molecule has 1 amide bonds. The van der Waals surface area contributed by atoms with Crippen molar-refractivity contribution in [2.45, 2.75) is 43.6 Å². The number of thioether (sulfide) groups is 1. The molecular weight excluding hydrogens is 282 g/mol. The number of fused-ring (bicyclic) bond motifs is 3. The van der Waals surface area contributed by atoms with Crippen LogP contribution >= 0.6 is 11.8 Å². The van der Waals surface area contributed by atoms with E-state index in [1.807, 2.05) is 37.4 Å². The number of likely N-dealkylation sites (tertiary alicyclic amines) is 1. The Labute approximate surface area is 131 Å². The van der Waals surface area contributed by atoms with Gasteiger partial charge in [0.15, 0.2) is 0 Å². The second-order valence-corrected chi connectivity index (χ2v) is 7.99. The van der Waals surface area contributed by atoms with Gasteiger partial charge in [-0.1, -0.05) is 18.2 Å². The molecule has 1 saturated heterocycles. The fraction of sp³-hybridized carbons (Fsp3) is 0.588. The third kappa shape index (κ3) is 3.20. The topological polar surface area (TPSA) is 29.5 Å². The highest BCUT2D eigenvalue weighted by Crippen LogP contribution is 2.44. The average Bonchev–Trinajstić information content (AvgIpc) is 2.45. The molecule has 2 atom stereocenters. The first-order chi connectivity index (χ1) is 9.94. The van der Waals surface area contributed by atoms with Gasteiger partial charge >= 0.3 is 6.09 Å². The Kier molecular flexibility index (Phi) is 3.91. The standard InChI is InChI=1S/C17H23NO2S/c1-17(2,3)20-16(19)18-9-8-12-11-21-15-7-5-4-6-13(15)14(12)10-18/h4-7,12,14H,8-11H2,1-3H3. The molecule has 2 heterocycles. The quantitative estimate of drug-likeness (QED) is 0.721. The van der Waals surface area contributed by atoms with E-state index in [2.05, 4.69) is 24.3 Å². The molecule has 0 aromatic heterocycles. The Balaban J connectivity index is 1.76. The first kappa shape index (κ1) is 14.8. The minimum absolute atomic E-state index is 0.170. The van der Waals surface area contributed by atoms with Crippen molar-refractivity contribution in [3.8, 4) is 0 Å². The summed E-state index contributed by atoms with van der Waals surface area (Å²) in [5.41, 5.74) is 0.987. The molecule has 1 aromatic rings. The van der Waals surface area contributed by atoms with Crippen LogP contribution in [-0.2, 0) is 4.74 Å². The predicted molar refractivity (Wildman–Crippen MR) is 85.8 cm³/mol. The highest BCUT2D eigenvalue weighted by molar-refractivity contribution is 7.99. The molecule has 21 heavy (non-hydrogen) atoms. The summed E-state index contributed by atoms with van der Waals surface area (Å²) < 4.78 is 5.53. The summed E-state index contributed by atoms with van der Waals surface area (Å²) >= 11 is 1.96. The average molecular weight is 305 g/mol. The maximum absolute atomic E-state index is 12.3. The van der Waals surface area contributed by atoms with Crippen molar-refractivity contribution in [2.75, 3.05) is 18.8 Å². The number of rotatable bonds is 0. The number of amides is 1. The highest BCUT2D eigenvalue weighted by Gasteiger charge is 2.37. The molecular formula is C17H23NO2S. The number of benzene rings is 1. The molecule has 114 valence electrons. The molecule has 2 aliphatic heterocycles. The van der Waals surface area contributed by atoms with Gasteiger partial charge in [-0.25, -0.2) is 4.79 Å². The lowest BCUT2D eigenvalue weighted by molar-refractivity contribution is 0.0163. The third-order valence-corrected chi connectivity index (χ3v) is 5.46. The van der Waals surface area contributed by atoms with Crippen LogP contribution < -0.4 is 0 Å². The minimum Gasteiger partial charge on any atom is -0.444 e. The largest absolute Gasteiger partial charge is 0.444 e. The lowest BCUT2D eigenvalue weighted by Crippen LogP contribution is -2.46. The van der Waals surface area contributed by atoms with Crippen LogP contribution in [0.3, 0.4) is 0 Å². The van der Waals surface area contributed by atoms with Crippen LogP contribution in [0.15, 0.2) is 29.2 Å². The summed E-state index contributed by atoms with van der Waals surface area (Å²) in [4.78, 5) is 15.6. The van der Waals surface area contributed by atoms with Gasteiger partial charge in [-0.05, 0) is 44.7 Å². The van der Waals surface area contributed by atoms with E-state index in [1.165, 1.54) is 16.2 Å². The first-order valence-electron chi connectivity index (χ1n) is 7.64. The molecule has 0 bridgehead atoms. The summed E-state index contributed by atoms with van der Waals surface area (Å²) in [6.45, 7) is 7.37. The van der Waals surface area contributed by atoms with E-state index >= 15 is 0 Å². The molecule has 1 fully saturated rings. The fourth-order valence-corrected chi connectivity index (χ4v) is 4.51. The number of hydrogen-bond acceptors (Lipinski definition) is 3. The van der Waals surface area contributed by atoms with E-state index in [0.717, 1.165) is 19.5 Å². The zero-order valence-electron chi connectivity index (χ0n) is 13.0. The van der Waals surface area contributed by atoms with Gasteiger partial charge < -0.3 is 9.64 Å². The fourth-order valence-electron chi connectivity index (χ4n) is 3.16. The van der Waals surface area contributed by atoms with Crippen LogP contribution in [0.1, 0.15) is 38.7 Å². The summed E-state index contributed by atoms with van der Waals surface area (Å²) in [5.74, 6) is 2.32. The SMILES string of the molecule is CC(C)(C)OC(=O)N1CCC2CSc3ccccc3C2C1. The van der Waals surface area contributed by atoms with Gasteiger partial charge in [0.1, 0.15) is 5.60 Å². The molecule has 0 saturated carbocycles. The van der Waals surface area contributed by atoms with Crippen molar-refractivity contribution in [2.24, 2.45) is 5.92 Å². The van der Waals surface area contributed by atoms with Crippen LogP contribution in [0.25, 0.3) is 0 Å². The molecule has 3 rings (SSSR count). The van der Waals surface area contributed by atoms with E-state index in [0.29, 0.717) is 11.8 Å². The van der Waals surface area contributed by atoms with Crippen molar-refractivity contribution in [3.63, 3.8) is 0 Å². The van der Waals surface area contributed by atoms with E-state index in [1.54, 1.807) is 0 Å². The minimum atomic E-state index is -0.422. The Morgan fingerprint density at radius 3 is 2.86 bits per heavy atom. The monoisotopic (exact) mass is 305 g/mol. The van der Waals surface area contributed by atoms with E-state index in [4.69, 9.17) is 4.74 Å². The van der Waals surface area contributed by atoms with Crippen LogP contribution in [-0.4, -0.2) is 35.4 Å². The van der Waals surface area contributed by atoms with Gasteiger partial charge in [0, 0.05) is 29.7 Å². The molecule has 0 aliphatic carbocycles. The summed E-state index contributed by atoms with van der Waals surface area (Å²) in [7, 11) is 0. The van der Waals surface area contributed by atoms with Crippen molar-refractivity contribution < 1.29 is 9.53 Å². The predicted octanol–water partition coefficient (Wildman–Crippen LogP) is 4.13. The molecule has 2 unspecified atom stereocenters. The van der Waals surface area contributed by atoms with Crippen LogP contribution in [0.2, 0.25) is 0 Å². The van der Waals surface area contributed by atoms with Crippen molar-refractivity contribution in [1.82, 2.24) is 4.90 Å². The maximum atomic E-state index is 12.3. The summed E-state index contributed by atoms with van der Waals surface area (Å²) in [5, 5.41) is 0. The van der Waals surface area contributed by atoms with E-state index in [9.17, 15) is 4.79 Å². The number of nitrogens with zero attached hydrogens (tertiary/aromatic N) is 1.